The minimum Gasteiger partial charge on any atom is -0.493 e. The molecule has 0 aliphatic rings. The van der Waals surface area contributed by atoms with Crippen LogP contribution in [0.4, 0.5) is 11.4 Å². The van der Waals surface area contributed by atoms with E-state index in [4.69, 9.17) is 9.47 Å². The summed E-state index contributed by atoms with van der Waals surface area (Å²) in [6, 6.07) is 25.9. The van der Waals surface area contributed by atoms with Crippen LogP contribution in [0.3, 0.4) is 0 Å². The van der Waals surface area contributed by atoms with Gasteiger partial charge in [-0.05, 0) is 72.3 Å². The molecule has 10 nitrogen and oxygen atoms in total. The van der Waals surface area contributed by atoms with Gasteiger partial charge in [0.15, 0.2) is 17.3 Å². The summed E-state index contributed by atoms with van der Waals surface area (Å²) >= 11 is 1.30. The highest BCUT2D eigenvalue weighted by Gasteiger charge is 2.16. The molecule has 11 heteroatoms. The molecular weight excluding hydrogens is 570 g/mol. The molecule has 4 rings (SSSR count). The van der Waals surface area contributed by atoms with Crippen molar-refractivity contribution in [3.63, 3.8) is 0 Å². The number of carbonyl (C=O) groups excluding carboxylic acids is 3. The zero-order chi connectivity index (χ0) is 30.8. The number of nitro benzene ring substituents is 1. The molecule has 43 heavy (non-hydrogen) atoms. The fourth-order valence-corrected chi connectivity index (χ4v) is 4.75. The first-order chi connectivity index (χ1) is 20.8. The molecule has 0 aliphatic heterocycles. The van der Waals surface area contributed by atoms with Crippen LogP contribution >= 0.6 is 11.8 Å². The van der Waals surface area contributed by atoms with E-state index in [1.54, 1.807) is 66.7 Å². The number of ether oxygens (including phenoxy) is 2. The number of rotatable bonds is 12. The molecule has 0 heterocycles. The molecule has 0 saturated heterocycles. The van der Waals surface area contributed by atoms with E-state index in [0.717, 1.165) is 4.90 Å². The Hall–Kier alpha value is -5.42. The van der Waals surface area contributed by atoms with E-state index >= 15 is 0 Å². The number of methoxy groups -OCH3 is 2. The molecule has 0 fully saturated rings. The van der Waals surface area contributed by atoms with E-state index in [1.807, 2.05) is 6.07 Å². The van der Waals surface area contributed by atoms with Crippen LogP contribution in [0.1, 0.15) is 26.3 Å². The predicted octanol–water partition coefficient (Wildman–Crippen LogP) is 6.00. The number of benzene rings is 4. The third-order valence-electron chi connectivity index (χ3n) is 6.11. The Morgan fingerprint density at radius 3 is 2.23 bits per heavy atom. The summed E-state index contributed by atoms with van der Waals surface area (Å²) in [5.74, 6) is -0.0896. The van der Waals surface area contributed by atoms with Gasteiger partial charge in [-0.1, -0.05) is 24.3 Å². The molecule has 0 spiro atoms. The van der Waals surface area contributed by atoms with Crippen LogP contribution in [-0.4, -0.2) is 42.5 Å². The number of non-ortho nitro benzene ring substituents is 1. The van der Waals surface area contributed by atoms with Gasteiger partial charge in [0.25, 0.3) is 17.5 Å². The molecule has 4 aromatic rings. The molecule has 2 amide bonds. The average Bonchev–Trinajstić information content (AvgIpc) is 3.03. The van der Waals surface area contributed by atoms with E-state index in [1.165, 1.54) is 56.3 Å². The maximum atomic E-state index is 13.3. The zero-order valence-electron chi connectivity index (χ0n) is 23.2. The van der Waals surface area contributed by atoms with Crippen molar-refractivity contribution in [2.24, 2.45) is 0 Å². The van der Waals surface area contributed by atoms with Crippen LogP contribution in [0.2, 0.25) is 0 Å². The second kappa shape index (κ2) is 14.5. The molecule has 0 radical (unpaired) electrons. The summed E-state index contributed by atoms with van der Waals surface area (Å²) < 4.78 is 10.5. The Morgan fingerprint density at radius 1 is 0.837 bits per heavy atom. The van der Waals surface area contributed by atoms with Gasteiger partial charge in [0.1, 0.15) is 5.70 Å². The second-order valence-corrected chi connectivity index (χ2v) is 10.0. The van der Waals surface area contributed by atoms with Crippen molar-refractivity contribution in [1.29, 1.82) is 0 Å². The van der Waals surface area contributed by atoms with Gasteiger partial charge >= 0.3 is 0 Å². The van der Waals surface area contributed by atoms with Gasteiger partial charge in [0.05, 0.1) is 24.9 Å². The molecule has 4 aromatic carbocycles. The van der Waals surface area contributed by atoms with Crippen LogP contribution in [0.25, 0.3) is 6.08 Å². The Labute approximate surface area is 251 Å². The number of Topliss-reactive ketones (excluding diaryl/α,β-unsaturated/α-hetero) is 1. The molecule has 218 valence electrons. The largest absolute Gasteiger partial charge is 0.493 e. The summed E-state index contributed by atoms with van der Waals surface area (Å²) in [5, 5.41) is 16.4. The summed E-state index contributed by atoms with van der Waals surface area (Å²) in [4.78, 5) is 50.3. The fraction of sp³-hybridized carbons (Fsp3) is 0.0938. The Kier molecular flexibility index (Phi) is 10.3. The molecule has 0 atom stereocenters. The van der Waals surface area contributed by atoms with Crippen molar-refractivity contribution in [3.05, 3.63) is 130 Å². The number of nitro groups is 1. The normalized spacial score (nSPS) is 10.9. The molecular formula is C32H27N3O7S. The fourth-order valence-electron chi connectivity index (χ4n) is 3.91. The van der Waals surface area contributed by atoms with Crippen LogP contribution in [0.5, 0.6) is 11.5 Å². The van der Waals surface area contributed by atoms with Gasteiger partial charge in [-0.2, -0.15) is 0 Å². The van der Waals surface area contributed by atoms with E-state index < -0.39 is 16.7 Å². The lowest BCUT2D eigenvalue weighted by molar-refractivity contribution is -0.384. The molecule has 0 unspecified atom stereocenters. The first-order valence-electron chi connectivity index (χ1n) is 12.9. The highest BCUT2D eigenvalue weighted by atomic mass is 32.2. The zero-order valence-corrected chi connectivity index (χ0v) is 24.1. The molecule has 0 aliphatic carbocycles. The van der Waals surface area contributed by atoms with E-state index in [-0.39, 0.29) is 22.9 Å². The maximum absolute atomic E-state index is 13.3. The van der Waals surface area contributed by atoms with Gasteiger partial charge in [0.2, 0.25) is 0 Å². The number of nitrogens with zero attached hydrogens (tertiary/aromatic N) is 1. The third kappa shape index (κ3) is 8.30. The van der Waals surface area contributed by atoms with Crippen LogP contribution in [0.15, 0.2) is 108 Å². The van der Waals surface area contributed by atoms with Gasteiger partial charge < -0.3 is 20.1 Å². The van der Waals surface area contributed by atoms with Gasteiger partial charge in [-0.3, -0.25) is 24.5 Å². The highest BCUT2D eigenvalue weighted by molar-refractivity contribution is 8.00. The van der Waals surface area contributed by atoms with Crippen molar-refractivity contribution in [1.82, 2.24) is 5.32 Å². The van der Waals surface area contributed by atoms with Crippen molar-refractivity contribution in [2.45, 2.75) is 4.90 Å². The van der Waals surface area contributed by atoms with E-state index in [0.29, 0.717) is 33.9 Å². The van der Waals surface area contributed by atoms with Crippen molar-refractivity contribution < 1.29 is 28.8 Å². The van der Waals surface area contributed by atoms with Crippen molar-refractivity contribution in [2.75, 3.05) is 25.3 Å². The minimum atomic E-state index is -0.605. The summed E-state index contributed by atoms with van der Waals surface area (Å²) in [6.45, 7) is 0. The van der Waals surface area contributed by atoms with Crippen molar-refractivity contribution >= 4 is 46.8 Å². The number of hydrogen-bond acceptors (Lipinski definition) is 8. The van der Waals surface area contributed by atoms with E-state index in [9.17, 15) is 24.5 Å². The number of amides is 2. The lowest BCUT2D eigenvalue weighted by atomic mass is 10.1. The lowest BCUT2D eigenvalue weighted by Gasteiger charge is -2.12. The Bertz CT molecular complexity index is 1670. The van der Waals surface area contributed by atoms with Crippen molar-refractivity contribution in [3.8, 4) is 11.5 Å². The summed E-state index contributed by atoms with van der Waals surface area (Å²) in [7, 11) is 3.02. The quantitative estimate of drug-likeness (QED) is 0.0667. The minimum absolute atomic E-state index is 0.0654. The van der Waals surface area contributed by atoms with Crippen LogP contribution in [0, 0.1) is 10.1 Å². The Balaban J connectivity index is 1.49. The average molecular weight is 598 g/mol. The Morgan fingerprint density at radius 2 is 1.56 bits per heavy atom. The third-order valence-corrected chi connectivity index (χ3v) is 7.10. The summed E-state index contributed by atoms with van der Waals surface area (Å²) in [6.07, 6.45) is 1.43. The molecule has 0 saturated carbocycles. The predicted molar refractivity (Wildman–Crippen MR) is 165 cm³/mol. The highest BCUT2D eigenvalue weighted by Crippen LogP contribution is 2.29. The van der Waals surface area contributed by atoms with Gasteiger partial charge in [-0.25, -0.2) is 0 Å². The molecule has 0 bridgehead atoms. The number of ketones is 1. The standard InChI is InChI=1S/C32H27N3O7S/c1-41-29-16-13-23(18-30(29)42-2)28(36)20-43-26-10-6-9-24(19-26)33-32(38)27(34-31(37)22-7-4-3-5-8-22)17-21-11-14-25(15-12-21)35(39)40/h3-19H,20H2,1-2H3,(H,33,38)(H,34,37)/b27-17-. The number of thioether (sulfide) groups is 1. The van der Waals surface area contributed by atoms with Crippen LogP contribution in [-0.2, 0) is 4.79 Å². The van der Waals surface area contributed by atoms with Gasteiger partial charge in [-0.15, -0.1) is 11.8 Å². The number of hydrogen-bond donors (Lipinski definition) is 2. The first-order valence-corrected chi connectivity index (χ1v) is 13.9. The number of carbonyl (C=O) groups is 3. The number of nitrogens with one attached hydrogen (secondary N) is 2. The monoisotopic (exact) mass is 597 g/mol. The lowest BCUT2D eigenvalue weighted by Crippen LogP contribution is -2.30. The second-order valence-electron chi connectivity index (χ2n) is 8.99. The number of anilines is 1. The topological polar surface area (TPSA) is 137 Å². The maximum Gasteiger partial charge on any atom is 0.272 e. The van der Waals surface area contributed by atoms with Crippen LogP contribution < -0.4 is 20.1 Å². The first kappa shape index (κ1) is 30.5. The summed E-state index contributed by atoms with van der Waals surface area (Å²) in [5.41, 5.74) is 1.58. The SMILES string of the molecule is COc1ccc(C(=O)CSc2cccc(NC(=O)/C(=C/c3ccc([N+](=O)[O-])cc3)NC(=O)c3ccccc3)c2)cc1OC. The van der Waals surface area contributed by atoms with Gasteiger partial charge in [0, 0.05) is 33.8 Å². The van der Waals surface area contributed by atoms with E-state index in [2.05, 4.69) is 10.6 Å². The molecule has 2 N–H and O–H groups in total. The smallest absolute Gasteiger partial charge is 0.272 e. The molecule has 0 aromatic heterocycles.